The number of fused-ring (bicyclic) bond motifs is 1. The number of hydrogen-bond acceptors (Lipinski definition) is 1. The van der Waals surface area contributed by atoms with E-state index in [4.69, 9.17) is 0 Å². The lowest BCUT2D eigenvalue weighted by atomic mass is 10.0. The van der Waals surface area contributed by atoms with Crippen LogP contribution < -0.4 is 0 Å². The minimum absolute atomic E-state index is 0.484. The molecule has 0 heterocycles. The van der Waals surface area contributed by atoms with Gasteiger partial charge in [0.25, 0.3) is 0 Å². The summed E-state index contributed by atoms with van der Waals surface area (Å²) in [6.45, 7) is 2.10. The van der Waals surface area contributed by atoms with Crippen LogP contribution in [0.5, 0.6) is 5.75 Å². The lowest BCUT2D eigenvalue weighted by Gasteiger charge is -2.07. The SMILES string of the molecule is CCc1c(O)ccc2c1CCC2. The topological polar surface area (TPSA) is 20.2 Å². The molecule has 0 aliphatic heterocycles. The fourth-order valence-corrected chi connectivity index (χ4v) is 2.12. The number of benzene rings is 1. The van der Waals surface area contributed by atoms with E-state index in [0.29, 0.717) is 5.75 Å². The number of rotatable bonds is 1. The van der Waals surface area contributed by atoms with Gasteiger partial charge in [-0.25, -0.2) is 0 Å². The van der Waals surface area contributed by atoms with E-state index in [0.717, 1.165) is 12.8 Å². The standard InChI is InChI=1S/C11H14O/c1-2-9-10-5-3-4-8(10)6-7-11(9)12/h6-7,12H,2-5H2,1H3. The zero-order chi connectivity index (χ0) is 8.55. The van der Waals surface area contributed by atoms with E-state index in [-0.39, 0.29) is 0 Å². The molecule has 1 aliphatic carbocycles. The molecule has 0 bridgehead atoms. The van der Waals surface area contributed by atoms with Gasteiger partial charge < -0.3 is 5.11 Å². The predicted octanol–water partition coefficient (Wildman–Crippen LogP) is 2.44. The first-order valence-corrected chi connectivity index (χ1v) is 4.65. The molecule has 0 amide bonds. The third-order valence-corrected chi connectivity index (χ3v) is 2.73. The number of aryl methyl sites for hydroxylation is 1. The first-order chi connectivity index (χ1) is 5.83. The second kappa shape index (κ2) is 2.81. The molecule has 0 radical (unpaired) electrons. The molecule has 1 aromatic rings. The smallest absolute Gasteiger partial charge is 0.119 e. The fraction of sp³-hybridized carbons (Fsp3) is 0.455. The Morgan fingerprint density at radius 3 is 2.92 bits per heavy atom. The highest BCUT2D eigenvalue weighted by atomic mass is 16.3. The molecule has 64 valence electrons. The summed E-state index contributed by atoms with van der Waals surface area (Å²) < 4.78 is 0. The van der Waals surface area contributed by atoms with Crippen LogP contribution in [-0.4, -0.2) is 5.11 Å². The van der Waals surface area contributed by atoms with Crippen molar-refractivity contribution in [2.45, 2.75) is 32.6 Å². The molecular formula is C11H14O. The molecular weight excluding hydrogens is 148 g/mol. The van der Waals surface area contributed by atoms with E-state index in [2.05, 4.69) is 13.0 Å². The number of phenols is 1. The molecule has 2 rings (SSSR count). The third kappa shape index (κ3) is 1.01. The largest absolute Gasteiger partial charge is 0.508 e. The van der Waals surface area contributed by atoms with Crippen LogP contribution in [0, 0.1) is 0 Å². The fourth-order valence-electron chi connectivity index (χ4n) is 2.12. The van der Waals surface area contributed by atoms with Gasteiger partial charge in [0, 0.05) is 0 Å². The van der Waals surface area contributed by atoms with Crippen LogP contribution in [0.15, 0.2) is 12.1 Å². The number of aromatic hydroxyl groups is 1. The first-order valence-electron chi connectivity index (χ1n) is 4.65. The predicted molar refractivity (Wildman–Crippen MR) is 49.5 cm³/mol. The average Bonchev–Trinajstić information content (AvgIpc) is 2.52. The highest BCUT2D eigenvalue weighted by Gasteiger charge is 2.15. The van der Waals surface area contributed by atoms with Crippen molar-refractivity contribution in [1.82, 2.24) is 0 Å². The second-order valence-electron chi connectivity index (χ2n) is 3.41. The minimum atomic E-state index is 0.484. The van der Waals surface area contributed by atoms with E-state index < -0.39 is 0 Å². The van der Waals surface area contributed by atoms with Gasteiger partial charge in [-0.2, -0.15) is 0 Å². The van der Waals surface area contributed by atoms with Crippen molar-refractivity contribution in [2.75, 3.05) is 0 Å². The van der Waals surface area contributed by atoms with Crippen molar-refractivity contribution in [3.8, 4) is 5.75 Å². The summed E-state index contributed by atoms with van der Waals surface area (Å²) in [6.07, 6.45) is 4.57. The van der Waals surface area contributed by atoms with Gasteiger partial charge in [-0.05, 0) is 48.4 Å². The highest BCUT2D eigenvalue weighted by molar-refractivity contribution is 5.46. The van der Waals surface area contributed by atoms with Crippen LogP contribution in [0.25, 0.3) is 0 Å². The Morgan fingerprint density at radius 2 is 2.17 bits per heavy atom. The van der Waals surface area contributed by atoms with Crippen molar-refractivity contribution in [2.24, 2.45) is 0 Å². The van der Waals surface area contributed by atoms with Crippen molar-refractivity contribution in [3.63, 3.8) is 0 Å². The zero-order valence-corrected chi connectivity index (χ0v) is 7.43. The van der Waals surface area contributed by atoms with E-state index in [9.17, 15) is 5.11 Å². The molecule has 0 atom stereocenters. The summed E-state index contributed by atoms with van der Waals surface area (Å²) >= 11 is 0. The van der Waals surface area contributed by atoms with Gasteiger partial charge in [0.1, 0.15) is 5.75 Å². The monoisotopic (exact) mass is 162 g/mol. The summed E-state index contributed by atoms with van der Waals surface area (Å²) in [5.41, 5.74) is 4.03. The summed E-state index contributed by atoms with van der Waals surface area (Å²) in [6, 6.07) is 3.90. The van der Waals surface area contributed by atoms with Crippen molar-refractivity contribution >= 4 is 0 Å². The summed E-state index contributed by atoms with van der Waals surface area (Å²) in [7, 11) is 0. The Labute approximate surface area is 73.0 Å². The summed E-state index contributed by atoms with van der Waals surface area (Å²) in [4.78, 5) is 0. The Morgan fingerprint density at radius 1 is 1.33 bits per heavy atom. The van der Waals surface area contributed by atoms with Crippen molar-refractivity contribution in [1.29, 1.82) is 0 Å². The lowest BCUT2D eigenvalue weighted by Crippen LogP contribution is -1.91. The second-order valence-corrected chi connectivity index (χ2v) is 3.41. The van der Waals surface area contributed by atoms with E-state index in [1.165, 1.54) is 29.5 Å². The number of phenolic OH excluding ortho intramolecular Hbond substituents is 1. The molecule has 0 saturated heterocycles. The van der Waals surface area contributed by atoms with Crippen LogP contribution in [0.2, 0.25) is 0 Å². The van der Waals surface area contributed by atoms with Crippen LogP contribution in [0.3, 0.4) is 0 Å². The zero-order valence-electron chi connectivity index (χ0n) is 7.43. The molecule has 12 heavy (non-hydrogen) atoms. The molecule has 0 unspecified atom stereocenters. The van der Waals surface area contributed by atoms with Gasteiger partial charge in [-0.3, -0.25) is 0 Å². The van der Waals surface area contributed by atoms with Crippen molar-refractivity contribution < 1.29 is 5.11 Å². The molecule has 0 aromatic heterocycles. The molecule has 1 aromatic carbocycles. The van der Waals surface area contributed by atoms with Gasteiger partial charge in [0.2, 0.25) is 0 Å². The molecule has 1 heteroatoms. The van der Waals surface area contributed by atoms with Crippen LogP contribution >= 0.6 is 0 Å². The highest BCUT2D eigenvalue weighted by Crippen LogP contribution is 2.31. The van der Waals surface area contributed by atoms with Gasteiger partial charge in [0.15, 0.2) is 0 Å². The Hall–Kier alpha value is -0.980. The summed E-state index contributed by atoms with van der Waals surface area (Å²) in [5.74, 6) is 0.484. The Kier molecular flexibility index (Phi) is 1.80. The lowest BCUT2D eigenvalue weighted by molar-refractivity contribution is 0.468. The number of hydrogen-bond donors (Lipinski definition) is 1. The molecule has 1 aliphatic rings. The average molecular weight is 162 g/mol. The molecule has 0 saturated carbocycles. The third-order valence-electron chi connectivity index (χ3n) is 2.73. The first kappa shape index (κ1) is 7.66. The van der Waals surface area contributed by atoms with Crippen molar-refractivity contribution in [3.05, 3.63) is 28.8 Å². The Bertz CT molecular complexity index is 302. The normalized spacial score (nSPS) is 14.8. The van der Waals surface area contributed by atoms with Crippen LogP contribution in [0.1, 0.15) is 30.0 Å². The Balaban J connectivity index is 2.57. The van der Waals surface area contributed by atoms with Crippen LogP contribution in [-0.2, 0) is 19.3 Å². The maximum atomic E-state index is 9.57. The van der Waals surface area contributed by atoms with Gasteiger partial charge in [-0.15, -0.1) is 0 Å². The van der Waals surface area contributed by atoms with Gasteiger partial charge in [-0.1, -0.05) is 13.0 Å². The molecule has 1 nitrogen and oxygen atoms in total. The molecule has 1 N–H and O–H groups in total. The maximum absolute atomic E-state index is 9.57. The maximum Gasteiger partial charge on any atom is 0.119 e. The molecule has 0 spiro atoms. The van der Waals surface area contributed by atoms with Gasteiger partial charge in [0.05, 0.1) is 0 Å². The summed E-state index contributed by atoms with van der Waals surface area (Å²) in [5, 5.41) is 9.57. The van der Waals surface area contributed by atoms with Crippen LogP contribution in [0.4, 0.5) is 0 Å². The van der Waals surface area contributed by atoms with Gasteiger partial charge >= 0.3 is 0 Å². The van der Waals surface area contributed by atoms with E-state index >= 15 is 0 Å². The minimum Gasteiger partial charge on any atom is -0.508 e. The van der Waals surface area contributed by atoms with E-state index in [1.807, 2.05) is 6.07 Å². The molecule has 0 fully saturated rings. The van der Waals surface area contributed by atoms with E-state index in [1.54, 1.807) is 0 Å². The quantitative estimate of drug-likeness (QED) is 0.672.